The van der Waals surface area contributed by atoms with E-state index in [1.165, 1.54) is 24.3 Å². The number of nitrogens with one attached hydrogen (secondary N) is 1. The molecule has 0 saturated carbocycles. The van der Waals surface area contributed by atoms with Crippen LogP contribution in [-0.2, 0) is 11.0 Å². The summed E-state index contributed by atoms with van der Waals surface area (Å²) in [5.74, 6) is -0.401. The molecule has 166 valence electrons. The summed E-state index contributed by atoms with van der Waals surface area (Å²) >= 11 is 5.99. The first-order chi connectivity index (χ1) is 15.2. The number of nitrogens with zero attached hydrogens (tertiary/aromatic N) is 2. The van der Waals surface area contributed by atoms with Crippen molar-refractivity contribution < 1.29 is 22.8 Å². The minimum absolute atomic E-state index is 0.148. The summed E-state index contributed by atoms with van der Waals surface area (Å²) in [5, 5.41) is 1.44. The van der Waals surface area contributed by atoms with Crippen molar-refractivity contribution >= 4 is 40.4 Å². The van der Waals surface area contributed by atoms with Crippen LogP contribution in [0.1, 0.15) is 21.6 Å². The average molecular weight is 462 g/mol. The highest BCUT2D eigenvalue weighted by molar-refractivity contribution is 6.31. The average Bonchev–Trinajstić information content (AvgIpc) is 3.20. The number of H-pyrrole nitrogens is 1. The predicted octanol–water partition coefficient (Wildman–Crippen LogP) is 4.84. The van der Waals surface area contributed by atoms with Crippen molar-refractivity contribution in [3.05, 3.63) is 76.5 Å². The number of aromatic amines is 1. The fourth-order valence-electron chi connectivity index (χ4n) is 3.58. The van der Waals surface area contributed by atoms with E-state index in [1.54, 1.807) is 28.0 Å². The van der Waals surface area contributed by atoms with Crippen LogP contribution in [-0.4, -0.2) is 52.8 Å². The number of aromatic nitrogens is 1. The van der Waals surface area contributed by atoms with E-state index in [0.717, 1.165) is 23.0 Å². The number of carbonyl (C=O) groups excluding carboxylic acids is 2. The first kappa shape index (κ1) is 22.0. The smallest absolute Gasteiger partial charge is 0.351 e. The van der Waals surface area contributed by atoms with Crippen molar-refractivity contribution in [3.63, 3.8) is 0 Å². The third-order valence-electron chi connectivity index (χ3n) is 5.35. The van der Waals surface area contributed by atoms with Gasteiger partial charge in [-0.15, -0.1) is 0 Å². The summed E-state index contributed by atoms with van der Waals surface area (Å²) in [6, 6.07) is 11.7. The third kappa shape index (κ3) is 4.80. The second-order valence-corrected chi connectivity index (χ2v) is 7.92. The Morgan fingerprint density at radius 3 is 2.25 bits per heavy atom. The first-order valence-corrected chi connectivity index (χ1v) is 10.3. The Hall–Kier alpha value is -3.26. The third-order valence-corrected chi connectivity index (χ3v) is 5.58. The molecule has 2 amide bonds. The van der Waals surface area contributed by atoms with Gasteiger partial charge < -0.3 is 14.8 Å². The summed E-state index contributed by atoms with van der Waals surface area (Å²) < 4.78 is 37.9. The lowest BCUT2D eigenvalue weighted by atomic mass is 10.1. The molecule has 3 aromatic rings. The normalized spacial score (nSPS) is 15.0. The van der Waals surface area contributed by atoms with E-state index in [1.807, 2.05) is 6.07 Å². The zero-order chi connectivity index (χ0) is 22.9. The number of alkyl halides is 3. The molecule has 0 spiro atoms. The number of benzene rings is 2. The molecule has 1 aliphatic rings. The fourth-order valence-corrected chi connectivity index (χ4v) is 3.76. The highest BCUT2D eigenvalue weighted by Gasteiger charge is 2.30. The Morgan fingerprint density at radius 2 is 1.59 bits per heavy atom. The van der Waals surface area contributed by atoms with Gasteiger partial charge in [0.05, 0.1) is 5.56 Å². The SMILES string of the molecule is O=C(/C=C/c1ccc(C(F)(F)F)cc1)N1CCN(C(=O)c2cc3cc(Cl)ccc3[nH]2)CC1. The maximum Gasteiger partial charge on any atom is 0.416 e. The van der Waals surface area contributed by atoms with Crippen LogP contribution >= 0.6 is 11.6 Å². The Kier molecular flexibility index (Phi) is 5.97. The quantitative estimate of drug-likeness (QED) is 0.567. The number of piperazine rings is 1. The number of amides is 2. The van der Waals surface area contributed by atoms with Crippen LogP contribution in [0.5, 0.6) is 0 Å². The zero-order valence-electron chi connectivity index (χ0n) is 16.8. The Bertz CT molecular complexity index is 1180. The minimum atomic E-state index is -4.39. The van der Waals surface area contributed by atoms with E-state index in [4.69, 9.17) is 11.6 Å². The van der Waals surface area contributed by atoms with Gasteiger partial charge in [-0.25, -0.2) is 0 Å². The van der Waals surface area contributed by atoms with Crippen molar-refractivity contribution in [2.45, 2.75) is 6.18 Å². The number of fused-ring (bicyclic) bond motifs is 1. The molecule has 0 atom stereocenters. The van der Waals surface area contributed by atoms with Crippen LogP contribution in [0.25, 0.3) is 17.0 Å². The molecule has 32 heavy (non-hydrogen) atoms. The molecule has 9 heteroatoms. The molecule has 4 rings (SSSR count). The van der Waals surface area contributed by atoms with Crippen molar-refractivity contribution in [3.8, 4) is 0 Å². The van der Waals surface area contributed by atoms with Crippen LogP contribution in [0.2, 0.25) is 5.02 Å². The van der Waals surface area contributed by atoms with Gasteiger partial charge in [0.15, 0.2) is 0 Å². The van der Waals surface area contributed by atoms with E-state index in [0.29, 0.717) is 42.5 Å². The maximum absolute atomic E-state index is 12.8. The van der Waals surface area contributed by atoms with Crippen molar-refractivity contribution in [1.82, 2.24) is 14.8 Å². The molecule has 0 aliphatic carbocycles. The molecule has 5 nitrogen and oxygen atoms in total. The highest BCUT2D eigenvalue weighted by Crippen LogP contribution is 2.29. The molecular weight excluding hydrogens is 443 g/mol. The number of rotatable bonds is 3. The molecule has 1 fully saturated rings. The zero-order valence-corrected chi connectivity index (χ0v) is 17.6. The van der Waals surface area contributed by atoms with Crippen LogP contribution in [0.4, 0.5) is 13.2 Å². The second-order valence-electron chi connectivity index (χ2n) is 7.49. The molecule has 1 N–H and O–H groups in total. The molecule has 0 unspecified atom stereocenters. The fraction of sp³-hybridized carbons (Fsp3) is 0.217. The van der Waals surface area contributed by atoms with Gasteiger partial charge in [-0.1, -0.05) is 23.7 Å². The summed E-state index contributed by atoms with van der Waals surface area (Å²) in [6.45, 7) is 1.51. The van der Waals surface area contributed by atoms with E-state index < -0.39 is 11.7 Å². The Morgan fingerprint density at radius 1 is 0.938 bits per heavy atom. The molecular formula is C23H19ClF3N3O2. The molecule has 0 bridgehead atoms. The van der Waals surface area contributed by atoms with Crippen molar-refractivity contribution in [1.29, 1.82) is 0 Å². The molecule has 1 aliphatic heterocycles. The lowest BCUT2D eigenvalue weighted by molar-refractivity contribution is -0.137. The largest absolute Gasteiger partial charge is 0.416 e. The summed E-state index contributed by atoms with van der Waals surface area (Å²) in [7, 11) is 0. The predicted molar refractivity (Wildman–Crippen MR) is 116 cm³/mol. The molecule has 2 heterocycles. The monoisotopic (exact) mass is 461 g/mol. The van der Waals surface area contributed by atoms with E-state index in [9.17, 15) is 22.8 Å². The lowest BCUT2D eigenvalue weighted by Gasteiger charge is -2.34. The lowest BCUT2D eigenvalue weighted by Crippen LogP contribution is -2.50. The van der Waals surface area contributed by atoms with Crippen LogP contribution in [0.3, 0.4) is 0 Å². The van der Waals surface area contributed by atoms with Gasteiger partial charge in [-0.3, -0.25) is 9.59 Å². The molecule has 1 saturated heterocycles. The Balaban J connectivity index is 1.33. The summed E-state index contributed by atoms with van der Waals surface area (Å²) in [5.41, 5.74) is 1.04. The van der Waals surface area contributed by atoms with Crippen LogP contribution < -0.4 is 0 Å². The standard InChI is InChI=1S/C23H19ClF3N3O2/c24-18-6-7-19-16(13-18)14-20(28-19)22(32)30-11-9-29(10-12-30)21(31)8-3-15-1-4-17(5-2-15)23(25,26)27/h1-8,13-14,28H,9-12H2/b8-3+. The van der Waals surface area contributed by atoms with Gasteiger partial charge >= 0.3 is 6.18 Å². The number of halogens is 4. The van der Waals surface area contributed by atoms with Gasteiger partial charge in [0.2, 0.25) is 5.91 Å². The number of hydrogen-bond donors (Lipinski definition) is 1. The molecule has 2 aromatic carbocycles. The number of carbonyl (C=O) groups is 2. The van der Waals surface area contributed by atoms with Crippen molar-refractivity contribution in [2.75, 3.05) is 26.2 Å². The summed E-state index contributed by atoms with van der Waals surface area (Å²) in [6.07, 6.45) is -1.58. The van der Waals surface area contributed by atoms with Gasteiger partial charge in [0, 0.05) is 48.2 Å². The van der Waals surface area contributed by atoms with E-state index in [-0.39, 0.29) is 11.8 Å². The minimum Gasteiger partial charge on any atom is -0.351 e. The Labute approximate surface area is 187 Å². The van der Waals surface area contributed by atoms with E-state index in [2.05, 4.69) is 4.98 Å². The topological polar surface area (TPSA) is 56.4 Å². The highest BCUT2D eigenvalue weighted by atomic mass is 35.5. The van der Waals surface area contributed by atoms with E-state index >= 15 is 0 Å². The van der Waals surface area contributed by atoms with Crippen molar-refractivity contribution in [2.24, 2.45) is 0 Å². The molecule has 0 radical (unpaired) electrons. The van der Waals surface area contributed by atoms with Gasteiger partial charge in [-0.2, -0.15) is 13.2 Å². The van der Waals surface area contributed by atoms with Gasteiger partial charge in [0.1, 0.15) is 5.69 Å². The second kappa shape index (κ2) is 8.70. The van der Waals surface area contributed by atoms with Crippen LogP contribution in [0.15, 0.2) is 54.6 Å². The maximum atomic E-state index is 12.8. The van der Waals surface area contributed by atoms with Gasteiger partial charge in [0.25, 0.3) is 5.91 Å². The molecule has 1 aromatic heterocycles. The van der Waals surface area contributed by atoms with Gasteiger partial charge in [-0.05, 0) is 48.0 Å². The summed E-state index contributed by atoms with van der Waals surface area (Å²) in [4.78, 5) is 31.6. The van der Waals surface area contributed by atoms with Crippen LogP contribution in [0, 0.1) is 0 Å². The number of hydrogen-bond acceptors (Lipinski definition) is 2. The first-order valence-electron chi connectivity index (χ1n) is 9.92.